The van der Waals surface area contributed by atoms with E-state index in [9.17, 15) is 10.1 Å². The van der Waals surface area contributed by atoms with Crippen molar-refractivity contribution in [1.29, 1.82) is 0 Å². The SMILES string of the molecule is COc1cccc(CNc2ncnc3cc(N4CCNCC4)c([N+](=O)[O-])cc23)c1. The van der Waals surface area contributed by atoms with E-state index in [0.717, 1.165) is 37.5 Å². The third-order valence-corrected chi connectivity index (χ3v) is 4.98. The number of methoxy groups -OCH3 is 1. The Kier molecular flexibility index (Phi) is 5.39. The summed E-state index contributed by atoms with van der Waals surface area (Å²) in [5, 5.41) is 18.9. The van der Waals surface area contributed by atoms with Gasteiger partial charge in [0, 0.05) is 44.2 Å². The molecule has 2 heterocycles. The Morgan fingerprint density at radius 2 is 2.07 bits per heavy atom. The molecule has 2 N–H and O–H groups in total. The van der Waals surface area contributed by atoms with E-state index >= 15 is 0 Å². The van der Waals surface area contributed by atoms with Crippen LogP contribution in [0.4, 0.5) is 17.2 Å². The van der Waals surface area contributed by atoms with Gasteiger partial charge in [-0.25, -0.2) is 9.97 Å². The number of aromatic nitrogens is 2. The number of rotatable bonds is 6. The molecule has 0 saturated carbocycles. The maximum absolute atomic E-state index is 11.8. The van der Waals surface area contributed by atoms with Crippen molar-refractivity contribution in [2.75, 3.05) is 43.5 Å². The van der Waals surface area contributed by atoms with E-state index in [0.29, 0.717) is 29.0 Å². The molecule has 1 aliphatic heterocycles. The predicted octanol–water partition coefficient (Wildman–Crippen LogP) is 2.57. The second-order valence-electron chi connectivity index (χ2n) is 6.78. The third-order valence-electron chi connectivity index (χ3n) is 4.98. The quantitative estimate of drug-likeness (QED) is 0.485. The first kappa shape index (κ1) is 18.9. The molecule has 2 aromatic carbocycles. The molecule has 4 rings (SSSR count). The Bertz CT molecular complexity index is 1040. The van der Waals surface area contributed by atoms with E-state index in [4.69, 9.17) is 4.74 Å². The van der Waals surface area contributed by atoms with Crippen molar-refractivity contribution >= 4 is 28.1 Å². The van der Waals surface area contributed by atoms with Gasteiger partial charge in [0.05, 0.1) is 17.5 Å². The number of anilines is 2. The third kappa shape index (κ3) is 4.04. The van der Waals surface area contributed by atoms with Crippen LogP contribution in [0, 0.1) is 10.1 Å². The average molecular weight is 394 g/mol. The fourth-order valence-corrected chi connectivity index (χ4v) is 3.49. The predicted molar refractivity (Wildman–Crippen MR) is 112 cm³/mol. The van der Waals surface area contributed by atoms with Crippen LogP contribution in [0.2, 0.25) is 0 Å². The van der Waals surface area contributed by atoms with Crippen molar-refractivity contribution < 1.29 is 9.66 Å². The van der Waals surface area contributed by atoms with E-state index in [-0.39, 0.29) is 10.6 Å². The van der Waals surface area contributed by atoms with Gasteiger partial charge in [-0.15, -0.1) is 0 Å². The zero-order chi connectivity index (χ0) is 20.2. The van der Waals surface area contributed by atoms with Crippen LogP contribution in [-0.2, 0) is 6.54 Å². The molecule has 3 aromatic rings. The number of benzene rings is 2. The average Bonchev–Trinajstić information content (AvgIpc) is 2.77. The fourth-order valence-electron chi connectivity index (χ4n) is 3.49. The number of hydrogen-bond acceptors (Lipinski definition) is 8. The summed E-state index contributed by atoms with van der Waals surface area (Å²) in [5.74, 6) is 1.33. The summed E-state index contributed by atoms with van der Waals surface area (Å²) < 4.78 is 5.25. The normalized spacial score (nSPS) is 14.0. The summed E-state index contributed by atoms with van der Waals surface area (Å²) in [4.78, 5) is 22.1. The summed E-state index contributed by atoms with van der Waals surface area (Å²) in [7, 11) is 1.62. The smallest absolute Gasteiger partial charge is 0.293 e. The highest BCUT2D eigenvalue weighted by Gasteiger charge is 2.23. The fraction of sp³-hybridized carbons (Fsp3) is 0.300. The second-order valence-corrected chi connectivity index (χ2v) is 6.78. The summed E-state index contributed by atoms with van der Waals surface area (Å²) in [5.41, 5.74) is 2.36. The number of nitrogens with one attached hydrogen (secondary N) is 2. The van der Waals surface area contributed by atoms with Crippen molar-refractivity contribution in [2.45, 2.75) is 6.54 Å². The van der Waals surface area contributed by atoms with Crippen LogP contribution in [0.5, 0.6) is 5.75 Å². The maximum Gasteiger partial charge on any atom is 0.293 e. The van der Waals surface area contributed by atoms with Crippen molar-refractivity contribution in [2.24, 2.45) is 0 Å². The van der Waals surface area contributed by atoms with E-state index in [1.807, 2.05) is 29.2 Å². The van der Waals surface area contributed by atoms with Crippen molar-refractivity contribution in [3.05, 3.63) is 58.4 Å². The maximum atomic E-state index is 11.8. The van der Waals surface area contributed by atoms with Crippen LogP contribution in [-0.4, -0.2) is 48.2 Å². The first-order valence-corrected chi connectivity index (χ1v) is 9.41. The molecule has 1 aromatic heterocycles. The standard InChI is InChI=1S/C20H22N6O3/c1-29-15-4-2-3-14(9-15)12-22-20-16-10-19(26(27)28)18(11-17(16)23-13-24-20)25-7-5-21-6-8-25/h2-4,9-11,13,21H,5-8,12H2,1H3,(H,22,23,24). The lowest BCUT2D eigenvalue weighted by Gasteiger charge is -2.29. The van der Waals surface area contributed by atoms with Gasteiger partial charge >= 0.3 is 0 Å². The number of hydrogen-bond donors (Lipinski definition) is 2. The number of ether oxygens (including phenoxy) is 1. The molecule has 0 atom stereocenters. The molecule has 1 fully saturated rings. The summed E-state index contributed by atoms with van der Waals surface area (Å²) in [6.07, 6.45) is 1.48. The highest BCUT2D eigenvalue weighted by molar-refractivity contribution is 5.94. The van der Waals surface area contributed by atoms with Crippen molar-refractivity contribution in [3.63, 3.8) is 0 Å². The Morgan fingerprint density at radius 3 is 2.83 bits per heavy atom. The molecular weight excluding hydrogens is 372 g/mol. The number of fused-ring (bicyclic) bond motifs is 1. The number of nitro groups is 1. The first-order chi connectivity index (χ1) is 14.2. The van der Waals surface area contributed by atoms with Gasteiger partial charge in [-0.05, 0) is 23.8 Å². The highest BCUT2D eigenvalue weighted by atomic mass is 16.6. The topological polar surface area (TPSA) is 105 Å². The van der Waals surface area contributed by atoms with Gasteiger partial charge in [-0.1, -0.05) is 12.1 Å². The lowest BCUT2D eigenvalue weighted by Crippen LogP contribution is -2.43. The lowest BCUT2D eigenvalue weighted by molar-refractivity contribution is -0.384. The molecule has 9 heteroatoms. The van der Waals surface area contributed by atoms with Crippen LogP contribution >= 0.6 is 0 Å². The van der Waals surface area contributed by atoms with Gasteiger partial charge in [0.1, 0.15) is 23.6 Å². The summed E-state index contributed by atoms with van der Waals surface area (Å²) in [6.45, 7) is 3.55. The summed E-state index contributed by atoms with van der Waals surface area (Å²) >= 11 is 0. The van der Waals surface area contributed by atoms with Crippen LogP contribution in [0.3, 0.4) is 0 Å². The molecule has 150 valence electrons. The van der Waals surface area contributed by atoms with Crippen molar-refractivity contribution in [3.8, 4) is 5.75 Å². The van der Waals surface area contributed by atoms with Crippen molar-refractivity contribution in [1.82, 2.24) is 15.3 Å². The van der Waals surface area contributed by atoms with Crippen LogP contribution < -0.4 is 20.3 Å². The lowest BCUT2D eigenvalue weighted by atomic mass is 10.1. The minimum atomic E-state index is -0.338. The molecule has 0 unspecified atom stereocenters. The number of piperazine rings is 1. The Labute approximate surface area is 167 Å². The minimum absolute atomic E-state index is 0.0682. The molecule has 1 aliphatic rings. The van der Waals surface area contributed by atoms with Gasteiger partial charge in [0.15, 0.2) is 0 Å². The minimum Gasteiger partial charge on any atom is -0.497 e. The van der Waals surface area contributed by atoms with E-state index in [2.05, 4.69) is 20.6 Å². The molecule has 0 radical (unpaired) electrons. The van der Waals surface area contributed by atoms with Gasteiger partial charge < -0.3 is 20.3 Å². The second kappa shape index (κ2) is 8.27. The number of nitrogens with zero attached hydrogens (tertiary/aromatic N) is 4. The van der Waals surface area contributed by atoms with E-state index in [1.54, 1.807) is 19.2 Å². The molecule has 0 amide bonds. The first-order valence-electron chi connectivity index (χ1n) is 9.41. The van der Waals surface area contributed by atoms with E-state index in [1.165, 1.54) is 6.33 Å². The Hall–Kier alpha value is -3.46. The van der Waals surface area contributed by atoms with E-state index < -0.39 is 0 Å². The Morgan fingerprint density at radius 1 is 1.24 bits per heavy atom. The summed E-state index contributed by atoms with van der Waals surface area (Å²) in [6, 6.07) is 11.1. The molecule has 1 saturated heterocycles. The zero-order valence-electron chi connectivity index (χ0n) is 16.1. The molecular formula is C20H22N6O3. The molecule has 0 spiro atoms. The molecule has 9 nitrogen and oxygen atoms in total. The largest absolute Gasteiger partial charge is 0.497 e. The highest BCUT2D eigenvalue weighted by Crippen LogP contribution is 2.34. The van der Waals surface area contributed by atoms with Crippen LogP contribution in [0.15, 0.2) is 42.7 Å². The molecule has 0 bridgehead atoms. The van der Waals surface area contributed by atoms with Gasteiger partial charge in [-0.3, -0.25) is 10.1 Å². The van der Waals surface area contributed by atoms with Crippen LogP contribution in [0.1, 0.15) is 5.56 Å². The van der Waals surface area contributed by atoms with Gasteiger partial charge in [0.25, 0.3) is 5.69 Å². The van der Waals surface area contributed by atoms with Gasteiger partial charge in [-0.2, -0.15) is 0 Å². The van der Waals surface area contributed by atoms with Gasteiger partial charge in [0.2, 0.25) is 0 Å². The monoisotopic (exact) mass is 394 g/mol. The molecule has 0 aliphatic carbocycles. The number of nitro benzene ring substituents is 1. The Balaban J connectivity index is 1.68. The molecule has 29 heavy (non-hydrogen) atoms. The van der Waals surface area contributed by atoms with Crippen LogP contribution in [0.25, 0.3) is 10.9 Å². The zero-order valence-corrected chi connectivity index (χ0v) is 16.1.